The van der Waals surface area contributed by atoms with E-state index in [1.54, 1.807) is 34.9 Å². The van der Waals surface area contributed by atoms with Gasteiger partial charge in [-0.2, -0.15) is 0 Å². The van der Waals surface area contributed by atoms with Gasteiger partial charge in [-0.1, -0.05) is 120 Å². The van der Waals surface area contributed by atoms with Crippen LogP contribution in [0.4, 0.5) is 0 Å². The molecule has 0 fully saturated rings. The number of aromatic nitrogens is 2. The molecule has 142 valence electrons. The molecule has 5 aromatic rings. The van der Waals surface area contributed by atoms with Gasteiger partial charge in [-0.15, -0.1) is 10.2 Å². The Hall–Kier alpha value is -2.34. The molecule has 1 aromatic heterocycles. The largest absolute Gasteiger partial charge is 0.175 e. The van der Waals surface area contributed by atoms with Crippen LogP contribution in [0.5, 0.6) is 0 Å². The summed E-state index contributed by atoms with van der Waals surface area (Å²) in [4.78, 5) is 0. The number of hydrogen-bond acceptors (Lipinski definition) is 5. The Bertz CT molecular complexity index is 1170. The Labute approximate surface area is 182 Å². The van der Waals surface area contributed by atoms with Gasteiger partial charge in [0.15, 0.2) is 8.68 Å². The van der Waals surface area contributed by atoms with E-state index in [0.717, 1.165) is 20.2 Å². The first-order valence-electron chi connectivity index (χ1n) is 9.39. The molecule has 0 amide bonds. The highest BCUT2D eigenvalue weighted by atomic mass is 32.2. The Kier molecular flexibility index (Phi) is 5.52. The van der Waals surface area contributed by atoms with Crippen LogP contribution in [0, 0.1) is 0 Å². The first kappa shape index (κ1) is 18.7. The summed E-state index contributed by atoms with van der Waals surface area (Å²) in [6.07, 6.45) is 0. The summed E-state index contributed by atoms with van der Waals surface area (Å²) in [7, 11) is 0. The lowest BCUT2D eigenvalue weighted by Crippen LogP contribution is -1.84. The molecule has 0 aliphatic heterocycles. The van der Waals surface area contributed by atoms with Crippen molar-refractivity contribution in [3.63, 3.8) is 0 Å². The van der Waals surface area contributed by atoms with Crippen LogP contribution in [0.1, 0.15) is 11.1 Å². The first-order valence-corrected chi connectivity index (χ1v) is 12.2. The molecule has 0 aliphatic rings. The van der Waals surface area contributed by atoms with Crippen molar-refractivity contribution in [2.45, 2.75) is 20.2 Å². The molecule has 5 rings (SSSR count). The summed E-state index contributed by atoms with van der Waals surface area (Å²) in [6.45, 7) is 0. The molecule has 0 N–H and O–H groups in total. The average Bonchev–Trinajstić information content (AvgIpc) is 3.24. The standard InChI is InChI=1S/C24H18N2S3/c1-3-13-21-17(7-1)9-5-11-19(21)15-27-23-25-26-24(29-23)28-16-20-12-6-10-18-8-2-4-14-22(18)20/h1-14H,15-16H2. The van der Waals surface area contributed by atoms with Crippen LogP contribution < -0.4 is 0 Å². The maximum absolute atomic E-state index is 4.40. The van der Waals surface area contributed by atoms with Gasteiger partial charge < -0.3 is 0 Å². The summed E-state index contributed by atoms with van der Waals surface area (Å²) < 4.78 is 2.05. The van der Waals surface area contributed by atoms with Gasteiger partial charge in [0, 0.05) is 11.5 Å². The number of rotatable bonds is 6. The third-order valence-corrected chi connectivity index (χ3v) is 8.14. The molecule has 5 heteroatoms. The monoisotopic (exact) mass is 430 g/mol. The lowest BCUT2D eigenvalue weighted by molar-refractivity contribution is 0.954. The molecule has 0 spiro atoms. The maximum atomic E-state index is 4.40. The average molecular weight is 431 g/mol. The van der Waals surface area contributed by atoms with Crippen molar-refractivity contribution in [2.75, 3.05) is 0 Å². The fourth-order valence-corrected chi connectivity index (χ4v) is 6.46. The van der Waals surface area contributed by atoms with Crippen molar-refractivity contribution in [3.8, 4) is 0 Å². The molecular weight excluding hydrogens is 412 g/mol. The minimum Gasteiger partial charge on any atom is -0.131 e. The van der Waals surface area contributed by atoms with Gasteiger partial charge in [0.2, 0.25) is 0 Å². The zero-order chi connectivity index (χ0) is 19.5. The minimum atomic E-state index is 0.907. The van der Waals surface area contributed by atoms with Crippen LogP contribution in [0.3, 0.4) is 0 Å². The number of fused-ring (bicyclic) bond motifs is 2. The SMILES string of the molecule is c1ccc2c(CSc3nnc(SCc4cccc5ccccc45)s3)cccc2c1. The predicted molar refractivity (Wildman–Crippen MR) is 127 cm³/mol. The first-order chi connectivity index (χ1) is 14.4. The molecule has 0 saturated carbocycles. The maximum Gasteiger partial charge on any atom is 0.175 e. The molecule has 0 saturated heterocycles. The Balaban J connectivity index is 1.26. The zero-order valence-electron chi connectivity index (χ0n) is 15.6. The molecule has 2 nitrogen and oxygen atoms in total. The topological polar surface area (TPSA) is 25.8 Å². The van der Waals surface area contributed by atoms with E-state index in [0.29, 0.717) is 0 Å². The summed E-state index contributed by atoms with van der Waals surface area (Å²) in [5.41, 5.74) is 2.68. The van der Waals surface area contributed by atoms with Crippen molar-refractivity contribution in [1.29, 1.82) is 0 Å². The predicted octanol–water partition coefficient (Wildman–Crippen LogP) is 7.43. The molecule has 0 bridgehead atoms. The number of hydrogen-bond donors (Lipinski definition) is 0. The van der Waals surface area contributed by atoms with Gasteiger partial charge in [0.05, 0.1) is 0 Å². The minimum absolute atomic E-state index is 0.907. The van der Waals surface area contributed by atoms with Gasteiger partial charge in [-0.25, -0.2) is 0 Å². The fourth-order valence-electron chi connectivity index (χ4n) is 3.43. The summed E-state index contributed by atoms with van der Waals surface area (Å²) in [5.74, 6) is 1.81. The quantitative estimate of drug-likeness (QED) is 0.262. The van der Waals surface area contributed by atoms with Gasteiger partial charge in [0.1, 0.15) is 0 Å². The van der Waals surface area contributed by atoms with Crippen molar-refractivity contribution >= 4 is 56.4 Å². The second kappa shape index (κ2) is 8.57. The van der Waals surface area contributed by atoms with Crippen LogP contribution in [0.2, 0.25) is 0 Å². The third kappa shape index (κ3) is 4.17. The molecule has 0 aliphatic carbocycles. The highest BCUT2D eigenvalue weighted by Crippen LogP contribution is 2.34. The smallest absolute Gasteiger partial charge is 0.131 e. The van der Waals surface area contributed by atoms with Crippen LogP contribution in [0.25, 0.3) is 21.5 Å². The highest BCUT2D eigenvalue weighted by Gasteiger charge is 2.09. The van der Waals surface area contributed by atoms with Crippen LogP contribution in [0.15, 0.2) is 93.6 Å². The summed E-state index contributed by atoms with van der Waals surface area (Å²) in [6, 6.07) is 30.1. The second-order valence-corrected chi connectivity index (χ2v) is 10.1. The van der Waals surface area contributed by atoms with E-state index < -0.39 is 0 Å². The van der Waals surface area contributed by atoms with Gasteiger partial charge in [0.25, 0.3) is 0 Å². The van der Waals surface area contributed by atoms with E-state index in [2.05, 4.69) is 95.1 Å². The highest BCUT2D eigenvalue weighted by molar-refractivity contribution is 8.02. The van der Waals surface area contributed by atoms with E-state index in [1.165, 1.54) is 32.7 Å². The van der Waals surface area contributed by atoms with Crippen molar-refractivity contribution in [2.24, 2.45) is 0 Å². The van der Waals surface area contributed by atoms with E-state index in [1.807, 2.05) is 0 Å². The lowest BCUT2D eigenvalue weighted by atomic mass is 10.1. The summed E-state index contributed by atoms with van der Waals surface area (Å²) in [5, 5.41) is 14.0. The van der Waals surface area contributed by atoms with Crippen LogP contribution >= 0.6 is 34.9 Å². The number of nitrogens with zero attached hydrogens (tertiary/aromatic N) is 2. The van der Waals surface area contributed by atoms with Gasteiger partial charge in [-0.05, 0) is 32.7 Å². The van der Waals surface area contributed by atoms with Gasteiger partial charge >= 0.3 is 0 Å². The molecule has 1 heterocycles. The molecule has 4 aromatic carbocycles. The van der Waals surface area contributed by atoms with Crippen LogP contribution in [-0.2, 0) is 11.5 Å². The third-order valence-electron chi connectivity index (χ3n) is 4.85. The second-order valence-electron chi connectivity index (χ2n) is 6.69. The van der Waals surface area contributed by atoms with E-state index in [9.17, 15) is 0 Å². The summed E-state index contributed by atoms with van der Waals surface area (Å²) >= 11 is 5.22. The number of benzene rings is 4. The molecular formula is C24H18N2S3. The van der Waals surface area contributed by atoms with Crippen molar-refractivity contribution in [3.05, 3.63) is 96.1 Å². The van der Waals surface area contributed by atoms with Crippen LogP contribution in [-0.4, -0.2) is 10.2 Å². The van der Waals surface area contributed by atoms with E-state index in [-0.39, 0.29) is 0 Å². The van der Waals surface area contributed by atoms with E-state index >= 15 is 0 Å². The Morgan fingerprint density at radius 3 is 1.52 bits per heavy atom. The van der Waals surface area contributed by atoms with E-state index in [4.69, 9.17) is 0 Å². The normalized spacial score (nSPS) is 11.3. The Morgan fingerprint density at radius 1 is 0.552 bits per heavy atom. The molecule has 29 heavy (non-hydrogen) atoms. The molecule has 0 radical (unpaired) electrons. The fraction of sp³-hybridized carbons (Fsp3) is 0.0833. The molecule has 0 atom stereocenters. The Morgan fingerprint density at radius 2 is 1.00 bits per heavy atom. The lowest BCUT2D eigenvalue weighted by Gasteiger charge is -2.05. The zero-order valence-corrected chi connectivity index (χ0v) is 18.1. The van der Waals surface area contributed by atoms with Gasteiger partial charge in [-0.3, -0.25) is 0 Å². The van der Waals surface area contributed by atoms with Crippen molar-refractivity contribution < 1.29 is 0 Å². The number of thioether (sulfide) groups is 2. The molecule has 0 unspecified atom stereocenters. The van der Waals surface area contributed by atoms with Crippen molar-refractivity contribution in [1.82, 2.24) is 10.2 Å².